The Morgan fingerprint density at radius 2 is 1.86 bits per heavy atom. The lowest BCUT2D eigenvalue weighted by Gasteiger charge is -2.37. The molecule has 2 heterocycles. The van der Waals surface area contributed by atoms with Gasteiger partial charge in [-0.15, -0.1) is 0 Å². The van der Waals surface area contributed by atoms with Crippen molar-refractivity contribution >= 4 is 12.1 Å². The molecule has 0 N–H and O–H groups in total. The van der Waals surface area contributed by atoms with Crippen molar-refractivity contribution in [1.29, 1.82) is 0 Å². The van der Waals surface area contributed by atoms with E-state index >= 15 is 0 Å². The van der Waals surface area contributed by atoms with Crippen LogP contribution in [0, 0.1) is 0 Å². The number of esters is 1. The molecule has 3 rings (SSSR count). The first-order chi connectivity index (χ1) is 13.2. The molecule has 0 unspecified atom stereocenters. The molecule has 0 aromatic heterocycles. The van der Waals surface area contributed by atoms with Crippen molar-refractivity contribution in [3.05, 3.63) is 47.7 Å². The average Bonchev–Trinajstić information content (AvgIpc) is 2.94. The van der Waals surface area contributed by atoms with Crippen molar-refractivity contribution in [3.8, 4) is 0 Å². The highest BCUT2D eigenvalue weighted by molar-refractivity contribution is 5.86. The minimum atomic E-state index is -0.692. The highest BCUT2D eigenvalue weighted by Gasteiger charge is 2.46. The molecule has 152 valence electrons. The first-order valence-electron chi connectivity index (χ1n) is 9.38. The first-order valence-corrected chi connectivity index (χ1v) is 9.38. The second kappa shape index (κ2) is 7.83. The van der Waals surface area contributed by atoms with Crippen molar-refractivity contribution in [2.24, 2.45) is 0 Å². The summed E-state index contributed by atoms with van der Waals surface area (Å²) in [6.07, 6.45) is 0.0117. The van der Waals surface area contributed by atoms with E-state index in [2.05, 4.69) is 0 Å². The molecule has 28 heavy (non-hydrogen) atoms. The Kier molecular flexibility index (Phi) is 5.65. The zero-order valence-electron chi connectivity index (χ0n) is 16.9. The van der Waals surface area contributed by atoms with Crippen LogP contribution in [0.15, 0.2) is 42.2 Å². The molecule has 1 aromatic rings. The molecular weight excluding hydrogens is 362 g/mol. The van der Waals surface area contributed by atoms with Crippen LogP contribution in [-0.4, -0.2) is 48.0 Å². The van der Waals surface area contributed by atoms with E-state index in [1.807, 2.05) is 58.0 Å². The maximum atomic E-state index is 12.7. The Morgan fingerprint density at radius 1 is 1.18 bits per heavy atom. The zero-order valence-corrected chi connectivity index (χ0v) is 16.9. The molecule has 2 aliphatic heterocycles. The summed E-state index contributed by atoms with van der Waals surface area (Å²) in [6.45, 7) is 7.70. The van der Waals surface area contributed by atoms with Gasteiger partial charge in [0.1, 0.15) is 6.10 Å². The van der Waals surface area contributed by atoms with Gasteiger partial charge < -0.3 is 18.9 Å². The fraction of sp³-hybridized carbons (Fsp3) is 0.524. The van der Waals surface area contributed by atoms with Crippen molar-refractivity contribution < 1.29 is 28.5 Å². The molecule has 4 atom stereocenters. The number of rotatable bonds is 4. The van der Waals surface area contributed by atoms with Gasteiger partial charge in [-0.25, -0.2) is 9.59 Å². The molecule has 1 fully saturated rings. The highest BCUT2D eigenvalue weighted by atomic mass is 16.6. The number of carbonyl (C=O) groups is 2. The summed E-state index contributed by atoms with van der Waals surface area (Å²) in [4.78, 5) is 26.3. The maximum Gasteiger partial charge on any atom is 0.413 e. The summed E-state index contributed by atoms with van der Waals surface area (Å²) in [7, 11) is 1.29. The predicted octanol–water partition coefficient (Wildman–Crippen LogP) is 3.56. The van der Waals surface area contributed by atoms with Crippen LogP contribution in [0.4, 0.5) is 4.79 Å². The van der Waals surface area contributed by atoms with E-state index in [0.717, 1.165) is 5.56 Å². The van der Waals surface area contributed by atoms with Crippen molar-refractivity contribution in [2.45, 2.75) is 64.2 Å². The largest absolute Gasteiger partial charge is 0.463 e. The normalized spacial score (nSPS) is 27.7. The van der Waals surface area contributed by atoms with Gasteiger partial charge in [0.2, 0.25) is 5.76 Å². The van der Waals surface area contributed by atoms with Gasteiger partial charge in [0.15, 0.2) is 6.23 Å². The van der Waals surface area contributed by atoms with Crippen LogP contribution < -0.4 is 0 Å². The highest BCUT2D eigenvalue weighted by Crippen LogP contribution is 2.37. The van der Waals surface area contributed by atoms with Gasteiger partial charge in [0, 0.05) is 6.42 Å². The number of cyclic esters (lactones) is 1. The molecule has 1 aromatic carbocycles. The summed E-state index contributed by atoms with van der Waals surface area (Å²) < 4.78 is 22.3. The predicted molar refractivity (Wildman–Crippen MR) is 101 cm³/mol. The van der Waals surface area contributed by atoms with Crippen LogP contribution in [0.2, 0.25) is 0 Å². The van der Waals surface area contributed by atoms with Gasteiger partial charge in [-0.2, -0.15) is 0 Å². The number of nitrogens with zero attached hydrogens (tertiary/aromatic N) is 1. The summed E-state index contributed by atoms with van der Waals surface area (Å²) >= 11 is 0. The van der Waals surface area contributed by atoms with Crippen LogP contribution in [0.5, 0.6) is 0 Å². The quantitative estimate of drug-likeness (QED) is 0.733. The Labute approximate surface area is 165 Å². The molecule has 0 radical (unpaired) electrons. The second-order valence-electron chi connectivity index (χ2n) is 7.96. The Balaban J connectivity index is 1.84. The van der Waals surface area contributed by atoms with E-state index < -0.39 is 36.1 Å². The van der Waals surface area contributed by atoms with Gasteiger partial charge in [0.05, 0.1) is 24.9 Å². The minimum Gasteiger partial charge on any atom is -0.463 e. The summed E-state index contributed by atoms with van der Waals surface area (Å²) in [5.74, 6) is -0.566. The van der Waals surface area contributed by atoms with Crippen LogP contribution in [0.1, 0.15) is 45.8 Å². The topological polar surface area (TPSA) is 74.3 Å². The van der Waals surface area contributed by atoms with E-state index in [-0.39, 0.29) is 11.8 Å². The molecule has 7 nitrogen and oxygen atoms in total. The number of hydrogen-bond donors (Lipinski definition) is 0. The molecule has 0 spiro atoms. The Bertz CT molecular complexity index is 754. The van der Waals surface area contributed by atoms with Gasteiger partial charge in [-0.3, -0.25) is 4.90 Å². The third kappa shape index (κ3) is 4.30. The zero-order chi connectivity index (χ0) is 20.5. The van der Waals surface area contributed by atoms with Crippen molar-refractivity contribution in [3.63, 3.8) is 0 Å². The fourth-order valence-corrected chi connectivity index (χ4v) is 3.54. The van der Waals surface area contributed by atoms with Crippen molar-refractivity contribution in [1.82, 2.24) is 4.90 Å². The minimum absolute atomic E-state index is 0.0381. The lowest BCUT2D eigenvalue weighted by molar-refractivity contribution is -0.149. The van der Waals surface area contributed by atoms with E-state index in [9.17, 15) is 9.59 Å². The van der Waals surface area contributed by atoms with E-state index in [0.29, 0.717) is 6.42 Å². The monoisotopic (exact) mass is 389 g/mol. The summed E-state index contributed by atoms with van der Waals surface area (Å²) in [5, 5.41) is 0. The third-order valence-corrected chi connectivity index (χ3v) is 4.68. The summed E-state index contributed by atoms with van der Waals surface area (Å²) in [6, 6.07) is 9.29. The van der Waals surface area contributed by atoms with E-state index in [1.54, 1.807) is 6.08 Å². The summed E-state index contributed by atoms with van der Waals surface area (Å²) in [5.41, 5.74) is 0.487. The number of carbonyl (C=O) groups excluding carboxylic acids is 2. The number of amides is 1. The molecule has 1 amide bonds. The number of benzene rings is 1. The number of ether oxygens (including phenoxy) is 4. The smallest absolute Gasteiger partial charge is 0.413 e. The number of methoxy groups -OCH3 is 1. The molecule has 0 saturated carbocycles. The van der Waals surface area contributed by atoms with Gasteiger partial charge in [0.25, 0.3) is 0 Å². The van der Waals surface area contributed by atoms with Gasteiger partial charge in [-0.1, -0.05) is 30.3 Å². The lowest BCUT2D eigenvalue weighted by atomic mass is 10.0. The standard InChI is InChI=1S/C21H27NO6/c1-13-18(14-9-7-6-8-10-14)27-20(24)22(13)17-12-15(28-21(2,3)4)11-16(26-17)19(23)25-5/h6-11,13,15,17-18H,12H2,1-5H3/t13-,15+,17-,18-/m1/s1. The van der Waals surface area contributed by atoms with Crippen molar-refractivity contribution in [2.75, 3.05) is 7.11 Å². The Morgan fingerprint density at radius 3 is 2.46 bits per heavy atom. The third-order valence-electron chi connectivity index (χ3n) is 4.68. The molecule has 1 saturated heterocycles. The first kappa shape index (κ1) is 20.2. The molecule has 0 aliphatic carbocycles. The second-order valence-corrected chi connectivity index (χ2v) is 7.96. The average molecular weight is 389 g/mol. The Hall–Kier alpha value is -2.54. The maximum absolute atomic E-state index is 12.7. The van der Waals surface area contributed by atoms with Crippen LogP contribution >= 0.6 is 0 Å². The molecule has 2 aliphatic rings. The number of hydrogen-bond acceptors (Lipinski definition) is 6. The van der Waals surface area contributed by atoms with Gasteiger partial charge in [-0.05, 0) is 39.3 Å². The van der Waals surface area contributed by atoms with Crippen LogP contribution in [-0.2, 0) is 23.7 Å². The SMILES string of the molecule is COC(=O)C1=C[C@H](OC(C)(C)C)C[C@H](N2C(=O)O[C@@H](c3ccccc3)[C@H]2C)O1. The fourth-order valence-electron chi connectivity index (χ4n) is 3.54. The van der Waals surface area contributed by atoms with E-state index in [4.69, 9.17) is 18.9 Å². The lowest BCUT2D eigenvalue weighted by Crippen LogP contribution is -2.47. The van der Waals surface area contributed by atoms with E-state index in [1.165, 1.54) is 12.0 Å². The molecule has 0 bridgehead atoms. The molecular formula is C21H27NO6. The van der Waals surface area contributed by atoms with Gasteiger partial charge >= 0.3 is 12.1 Å². The van der Waals surface area contributed by atoms with Crippen LogP contribution in [0.3, 0.4) is 0 Å². The van der Waals surface area contributed by atoms with Crippen LogP contribution in [0.25, 0.3) is 0 Å². The molecule has 7 heteroatoms.